The van der Waals surface area contributed by atoms with Crippen molar-refractivity contribution in [2.75, 3.05) is 29.5 Å². The molecule has 11 heteroatoms. The van der Waals surface area contributed by atoms with E-state index in [0.717, 1.165) is 47.5 Å². The van der Waals surface area contributed by atoms with Crippen molar-refractivity contribution in [3.8, 4) is 23.0 Å². The Kier molecular flexibility index (Phi) is 7.06. The van der Waals surface area contributed by atoms with Gasteiger partial charge in [-0.05, 0) is 62.4 Å². The Morgan fingerprint density at radius 1 is 1.17 bits per heavy atom. The van der Waals surface area contributed by atoms with E-state index in [4.69, 9.17) is 9.88 Å². The number of rotatable bonds is 6. The number of nitriles is 1. The number of anilines is 1. The molecule has 1 saturated heterocycles. The predicted octanol–water partition coefficient (Wildman–Crippen LogP) is 4.69. The molecule has 9 nitrogen and oxygen atoms in total. The van der Waals surface area contributed by atoms with Crippen LogP contribution in [0.15, 0.2) is 42.6 Å². The predicted molar refractivity (Wildman–Crippen MR) is 155 cm³/mol. The van der Waals surface area contributed by atoms with Gasteiger partial charge in [-0.2, -0.15) is 10.4 Å². The van der Waals surface area contributed by atoms with Crippen molar-refractivity contribution in [3.63, 3.8) is 0 Å². The fraction of sp³-hybridized carbons (Fsp3) is 0.467. The van der Waals surface area contributed by atoms with Crippen molar-refractivity contribution in [2.24, 2.45) is 5.92 Å². The van der Waals surface area contributed by atoms with Crippen molar-refractivity contribution in [1.82, 2.24) is 20.1 Å². The highest BCUT2D eigenvalue weighted by atomic mass is 32.2. The van der Waals surface area contributed by atoms with E-state index >= 15 is 0 Å². The largest absolute Gasteiger partial charge is 0.370 e. The van der Waals surface area contributed by atoms with Gasteiger partial charge in [0.25, 0.3) is 0 Å². The van der Waals surface area contributed by atoms with Crippen molar-refractivity contribution < 1.29 is 13.4 Å². The maximum Gasteiger partial charge on any atom is 0.225 e. The Labute approximate surface area is 239 Å². The van der Waals surface area contributed by atoms with E-state index in [2.05, 4.69) is 21.3 Å². The number of hydrogen-bond acceptors (Lipinski definition) is 7. The minimum Gasteiger partial charge on any atom is -0.370 e. The van der Waals surface area contributed by atoms with E-state index in [1.54, 1.807) is 10.7 Å². The molecule has 3 fully saturated rings. The summed E-state index contributed by atoms with van der Waals surface area (Å²) in [4.78, 5) is 19.9. The third-order valence-corrected chi connectivity index (χ3v) is 10.5. The zero-order valence-electron chi connectivity index (χ0n) is 23.1. The zero-order valence-corrected chi connectivity index (χ0v) is 23.9. The third kappa shape index (κ3) is 5.33. The summed E-state index contributed by atoms with van der Waals surface area (Å²) >= 11 is 0. The van der Waals surface area contributed by atoms with Gasteiger partial charge in [0.1, 0.15) is 5.54 Å². The normalized spacial score (nSPS) is 23.0. The van der Waals surface area contributed by atoms with E-state index < -0.39 is 21.1 Å². The van der Waals surface area contributed by atoms with E-state index in [9.17, 15) is 18.7 Å². The van der Waals surface area contributed by atoms with Crippen molar-refractivity contribution in [1.29, 1.82) is 10.0 Å². The number of carbonyl (C=O) groups is 1. The van der Waals surface area contributed by atoms with Crippen LogP contribution in [0, 0.1) is 34.8 Å². The van der Waals surface area contributed by atoms with Gasteiger partial charge in [0, 0.05) is 63.6 Å². The van der Waals surface area contributed by atoms with Gasteiger partial charge in [-0.25, -0.2) is 18.3 Å². The van der Waals surface area contributed by atoms with Crippen LogP contribution in [0.3, 0.4) is 0 Å². The van der Waals surface area contributed by atoms with Crippen LogP contribution in [0.25, 0.3) is 16.9 Å². The topological polar surface area (TPSA) is 128 Å². The molecule has 1 aliphatic heterocycles. The van der Waals surface area contributed by atoms with E-state index in [1.807, 2.05) is 31.2 Å². The molecule has 2 aromatic heterocycles. The molecule has 2 N–H and O–H groups in total. The van der Waals surface area contributed by atoms with Crippen molar-refractivity contribution >= 4 is 21.3 Å². The van der Waals surface area contributed by atoms with Gasteiger partial charge < -0.3 is 10.2 Å². The standard InChI is InChI=1S/C30H34FN7O2S/c1-20-26(21-8-10-22(11-9-21)37-15-17-41(33,40)18-16-37)27(36-38(20)28-25(31)7-4-14-34-28)23-5-2-3-6-24(23)29(39)35-30(19-32)12-13-30/h4,7-11,14,23-24,33H,2-3,5-6,12-13,15-18H2,1H3,(H,35,39)/t23-,24-/m1/s1. The molecular weight excluding hydrogens is 541 g/mol. The van der Waals surface area contributed by atoms with Crippen LogP contribution in [-0.2, 0) is 14.5 Å². The second-order valence-electron chi connectivity index (χ2n) is 11.5. The van der Waals surface area contributed by atoms with E-state index in [-0.39, 0.29) is 23.6 Å². The van der Waals surface area contributed by atoms with Crippen LogP contribution < -0.4 is 10.2 Å². The molecule has 3 heterocycles. The van der Waals surface area contributed by atoms with Gasteiger partial charge in [-0.15, -0.1) is 0 Å². The molecule has 1 amide bonds. The maximum atomic E-state index is 14.9. The number of nitrogens with zero attached hydrogens (tertiary/aromatic N) is 5. The highest BCUT2D eigenvalue weighted by Gasteiger charge is 2.47. The average Bonchev–Trinajstić information content (AvgIpc) is 3.67. The van der Waals surface area contributed by atoms with Gasteiger partial charge in [-0.1, -0.05) is 25.0 Å². The van der Waals surface area contributed by atoms with Crippen molar-refractivity contribution in [2.45, 2.75) is 56.9 Å². The van der Waals surface area contributed by atoms with Crippen LogP contribution in [0.4, 0.5) is 10.1 Å². The summed E-state index contributed by atoms with van der Waals surface area (Å²) in [5.41, 5.74) is 3.50. The van der Waals surface area contributed by atoms with E-state index in [1.165, 1.54) is 12.3 Å². The smallest absolute Gasteiger partial charge is 0.225 e. The molecule has 2 atom stereocenters. The monoisotopic (exact) mass is 575 g/mol. The number of nitrogens with one attached hydrogen (secondary N) is 2. The highest BCUT2D eigenvalue weighted by Crippen LogP contribution is 2.44. The Hall–Kier alpha value is -3.78. The molecule has 2 saturated carbocycles. The fourth-order valence-electron chi connectivity index (χ4n) is 6.20. The summed E-state index contributed by atoms with van der Waals surface area (Å²) in [5, 5.41) is 17.5. The third-order valence-electron chi connectivity index (χ3n) is 8.77. The van der Waals surface area contributed by atoms with Gasteiger partial charge in [0.05, 0.1) is 17.5 Å². The number of aromatic nitrogens is 3. The molecule has 0 radical (unpaired) electrons. The lowest BCUT2D eigenvalue weighted by Gasteiger charge is -2.31. The second-order valence-corrected chi connectivity index (χ2v) is 13.9. The maximum absolute atomic E-state index is 14.9. The number of amides is 1. The molecule has 2 aliphatic carbocycles. The lowest BCUT2D eigenvalue weighted by molar-refractivity contribution is -0.127. The van der Waals surface area contributed by atoms with Gasteiger partial charge >= 0.3 is 0 Å². The Balaban J connectivity index is 1.40. The lowest BCUT2D eigenvalue weighted by atomic mass is 9.75. The van der Waals surface area contributed by atoms with Crippen LogP contribution in [0.5, 0.6) is 0 Å². The number of hydrogen-bond donors (Lipinski definition) is 2. The number of halogens is 1. The minimum atomic E-state index is -2.49. The van der Waals surface area contributed by atoms with Crippen LogP contribution in [-0.4, -0.2) is 55.0 Å². The van der Waals surface area contributed by atoms with E-state index in [0.29, 0.717) is 43.9 Å². The summed E-state index contributed by atoms with van der Waals surface area (Å²) in [6, 6.07) is 13.2. The molecule has 0 bridgehead atoms. The molecular formula is C30H34FN7O2S. The summed E-state index contributed by atoms with van der Waals surface area (Å²) < 4.78 is 36.5. The Morgan fingerprint density at radius 2 is 1.88 bits per heavy atom. The molecule has 0 spiro atoms. The summed E-state index contributed by atoms with van der Waals surface area (Å²) in [6.07, 6.45) is 6.23. The molecule has 1 aromatic carbocycles. The first-order valence-corrected chi connectivity index (χ1v) is 16.1. The first-order valence-electron chi connectivity index (χ1n) is 14.2. The molecule has 41 heavy (non-hydrogen) atoms. The van der Waals surface area contributed by atoms with Crippen LogP contribution in [0.1, 0.15) is 55.8 Å². The van der Waals surface area contributed by atoms with Gasteiger partial charge in [0.2, 0.25) is 5.91 Å². The molecule has 3 aliphatic rings. The second kappa shape index (κ2) is 10.6. The molecule has 3 aromatic rings. The summed E-state index contributed by atoms with van der Waals surface area (Å²) in [5.74, 6) is -0.284. The summed E-state index contributed by atoms with van der Waals surface area (Å²) in [6.45, 7) is 3.05. The van der Waals surface area contributed by atoms with Crippen LogP contribution >= 0.6 is 0 Å². The molecule has 0 unspecified atom stereocenters. The molecule has 214 valence electrons. The SMILES string of the molecule is Cc1c(-c2ccc(N3CCS(=N)(=O)CC3)cc2)c([C@@H]2CCCC[C@H]2C(=O)NC2(C#N)CC2)nn1-c1ncccc1F. The molecule has 6 rings (SSSR count). The van der Waals surface area contributed by atoms with Gasteiger partial charge in [-0.3, -0.25) is 9.57 Å². The Bertz CT molecular complexity index is 1610. The number of benzene rings is 1. The summed E-state index contributed by atoms with van der Waals surface area (Å²) in [7, 11) is -2.49. The van der Waals surface area contributed by atoms with Crippen LogP contribution in [0.2, 0.25) is 0 Å². The van der Waals surface area contributed by atoms with Gasteiger partial charge in [0.15, 0.2) is 11.6 Å². The first-order chi connectivity index (χ1) is 19.7. The quantitative estimate of drug-likeness (QED) is 0.439. The van der Waals surface area contributed by atoms with Crippen molar-refractivity contribution in [3.05, 3.63) is 59.8 Å². The first kappa shape index (κ1) is 27.4. The number of carbonyl (C=O) groups excluding carboxylic acids is 1. The fourth-order valence-corrected chi connectivity index (χ4v) is 7.43. The Morgan fingerprint density at radius 3 is 2.54 bits per heavy atom. The zero-order chi connectivity index (χ0) is 28.8. The number of pyridine rings is 1. The lowest BCUT2D eigenvalue weighted by Crippen LogP contribution is -2.42. The minimum absolute atomic E-state index is 0.109. The average molecular weight is 576 g/mol. The highest BCUT2D eigenvalue weighted by molar-refractivity contribution is 7.92.